The van der Waals surface area contributed by atoms with Gasteiger partial charge in [0, 0.05) is 46.8 Å². The largest absolute Gasteiger partial charge is 0.481 e. The zero-order valence-electron chi connectivity index (χ0n) is 19.3. The number of sulfonamides is 1. The van der Waals surface area contributed by atoms with E-state index in [2.05, 4.69) is 19.9 Å². The summed E-state index contributed by atoms with van der Waals surface area (Å²) in [5.41, 5.74) is 3.46. The summed E-state index contributed by atoms with van der Waals surface area (Å²) in [7, 11) is -2.61. The third-order valence-electron chi connectivity index (χ3n) is 7.03. The van der Waals surface area contributed by atoms with Gasteiger partial charge in [0.25, 0.3) is 10.0 Å². The van der Waals surface area contributed by atoms with Gasteiger partial charge >= 0.3 is 6.03 Å². The van der Waals surface area contributed by atoms with E-state index in [0.717, 1.165) is 72.5 Å². The van der Waals surface area contributed by atoms with Crippen molar-refractivity contribution in [1.82, 2.24) is 14.6 Å². The van der Waals surface area contributed by atoms with Crippen molar-refractivity contribution in [2.45, 2.75) is 49.7 Å². The van der Waals surface area contributed by atoms with Crippen LogP contribution in [0.4, 0.5) is 10.5 Å². The van der Waals surface area contributed by atoms with Crippen molar-refractivity contribution in [2.75, 3.05) is 25.5 Å². The van der Waals surface area contributed by atoms with Gasteiger partial charge in [0.1, 0.15) is 5.76 Å². The van der Waals surface area contributed by atoms with Gasteiger partial charge in [-0.25, -0.2) is 14.5 Å². The van der Waals surface area contributed by atoms with Gasteiger partial charge in [-0.3, -0.25) is 4.90 Å². The van der Waals surface area contributed by atoms with Crippen molar-refractivity contribution in [3.63, 3.8) is 0 Å². The Balaban J connectivity index is 1.26. The van der Waals surface area contributed by atoms with E-state index in [0.29, 0.717) is 18.1 Å². The molecule has 184 valence electrons. The number of pyridine rings is 1. The zero-order chi connectivity index (χ0) is 24.2. The van der Waals surface area contributed by atoms with Gasteiger partial charge in [-0.15, -0.1) is 11.3 Å². The topological polar surface area (TPSA) is 114 Å². The molecule has 11 heteroatoms. The Morgan fingerprint density at radius 2 is 2.09 bits per heavy atom. The fourth-order valence-electron chi connectivity index (χ4n) is 5.33. The third kappa shape index (κ3) is 4.11. The molecule has 0 saturated carbocycles. The van der Waals surface area contributed by atoms with Gasteiger partial charge in [0.15, 0.2) is 0 Å². The highest BCUT2D eigenvalue weighted by atomic mass is 32.2. The molecule has 3 aromatic heterocycles. The second kappa shape index (κ2) is 8.65. The van der Waals surface area contributed by atoms with E-state index in [4.69, 9.17) is 9.15 Å². The van der Waals surface area contributed by atoms with Crippen LogP contribution in [0.15, 0.2) is 33.9 Å². The van der Waals surface area contributed by atoms with E-state index in [1.807, 2.05) is 6.07 Å². The Labute approximate surface area is 207 Å². The highest BCUT2D eigenvalue weighted by molar-refractivity contribution is 7.89. The molecule has 2 bridgehead atoms. The van der Waals surface area contributed by atoms with Crippen LogP contribution >= 0.6 is 11.3 Å². The van der Waals surface area contributed by atoms with Gasteiger partial charge in [0.2, 0.25) is 11.0 Å². The number of furan rings is 1. The maximum absolute atomic E-state index is 13.1. The normalized spacial score (nSPS) is 20.7. The van der Waals surface area contributed by atoms with E-state index in [1.165, 1.54) is 4.88 Å². The predicted molar refractivity (Wildman–Crippen MR) is 131 cm³/mol. The van der Waals surface area contributed by atoms with Crippen LogP contribution in [0.1, 0.15) is 46.9 Å². The summed E-state index contributed by atoms with van der Waals surface area (Å²) in [5.74, 6) is 1.45. The van der Waals surface area contributed by atoms with Gasteiger partial charge in [-0.05, 0) is 56.8 Å². The number of rotatable bonds is 5. The van der Waals surface area contributed by atoms with Crippen molar-refractivity contribution >= 4 is 33.1 Å². The quantitative estimate of drug-likeness (QED) is 0.527. The first-order valence-electron chi connectivity index (χ1n) is 11.7. The van der Waals surface area contributed by atoms with E-state index in [9.17, 15) is 13.2 Å². The number of urea groups is 1. The number of carbonyl (C=O) groups is 1. The van der Waals surface area contributed by atoms with Crippen LogP contribution in [0.25, 0.3) is 10.4 Å². The molecular weight excluding hydrogens is 488 g/mol. The number of carbonyl (C=O) groups excluding carboxylic acids is 1. The average molecular weight is 515 g/mol. The monoisotopic (exact) mass is 514 g/mol. The van der Waals surface area contributed by atoms with Crippen molar-refractivity contribution in [3.8, 4) is 16.3 Å². The summed E-state index contributed by atoms with van der Waals surface area (Å²) in [6.45, 7) is 2.67. The van der Waals surface area contributed by atoms with Crippen molar-refractivity contribution in [3.05, 3.63) is 46.2 Å². The van der Waals surface area contributed by atoms with Gasteiger partial charge in [-0.2, -0.15) is 8.42 Å². The molecular formula is C24H26N4O5S2. The molecule has 0 unspecified atom stereocenters. The summed E-state index contributed by atoms with van der Waals surface area (Å²) >= 11 is 1.61. The molecule has 0 aromatic carbocycles. The summed E-state index contributed by atoms with van der Waals surface area (Å²) in [6.07, 6.45) is 6.34. The molecule has 1 fully saturated rings. The molecule has 7 rings (SSSR count). The van der Waals surface area contributed by atoms with Gasteiger partial charge in [0.05, 0.1) is 17.7 Å². The van der Waals surface area contributed by atoms with E-state index in [-0.39, 0.29) is 11.0 Å². The van der Waals surface area contributed by atoms with Crippen LogP contribution in [0.5, 0.6) is 5.88 Å². The Kier molecular flexibility index (Phi) is 5.58. The lowest BCUT2D eigenvalue weighted by Crippen LogP contribution is -2.34. The molecule has 0 spiro atoms. The molecule has 35 heavy (non-hydrogen) atoms. The SMILES string of the molecule is COc1cc(-c2sc3c(c2NC(=O)NS(=O)(=O)c2cc4c(o2)C2CCN(CC2)C4)CCC3)ccn1. The van der Waals surface area contributed by atoms with Gasteiger partial charge in [-0.1, -0.05) is 0 Å². The number of anilines is 1. The van der Waals surface area contributed by atoms with Crippen LogP contribution in [0.3, 0.4) is 0 Å². The number of ether oxygens (including phenoxy) is 1. The number of hydrogen-bond acceptors (Lipinski definition) is 8. The lowest BCUT2D eigenvalue weighted by molar-refractivity contribution is 0.212. The Morgan fingerprint density at radius 3 is 2.89 bits per heavy atom. The molecule has 4 aliphatic rings. The Morgan fingerprint density at radius 1 is 1.26 bits per heavy atom. The molecule has 2 amide bonds. The standard InChI is InChI=1S/C24H26N4O5S2/c1-32-19-11-15(5-8-25-19)23-21(17-3-2-4-18(17)34-23)26-24(29)27-35(30,31)20-12-16-13-28-9-6-14(7-10-28)22(16)33-20/h5,8,11-12,14H,2-4,6-7,9-10,13H2,1H3,(H2,26,27,29). The number of methoxy groups -OCH3 is 1. The highest BCUT2D eigenvalue weighted by Crippen LogP contribution is 2.45. The highest BCUT2D eigenvalue weighted by Gasteiger charge is 2.34. The summed E-state index contributed by atoms with van der Waals surface area (Å²) in [6, 6.07) is 4.42. The minimum atomic E-state index is -4.16. The number of hydrogen-bond donors (Lipinski definition) is 2. The zero-order valence-corrected chi connectivity index (χ0v) is 20.9. The lowest BCUT2D eigenvalue weighted by atomic mass is 9.95. The van der Waals surface area contributed by atoms with E-state index in [1.54, 1.807) is 36.8 Å². The molecule has 3 aliphatic heterocycles. The molecule has 3 aromatic rings. The first-order valence-corrected chi connectivity index (χ1v) is 14.0. The van der Waals surface area contributed by atoms with Crippen molar-refractivity contribution < 1.29 is 22.4 Å². The van der Waals surface area contributed by atoms with Crippen LogP contribution < -0.4 is 14.8 Å². The summed E-state index contributed by atoms with van der Waals surface area (Å²) in [5, 5.41) is 2.61. The molecule has 2 N–H and O–H groups in total. The predicted octanol–water partition coefficient (Wildman–Crippen LogP) is 4.10. The number of amides is 2. The van der Waals surface area contributed by atoms with Crippen LogP contribution in [-0.2, 0) is 29.4 Å². The summed E-state index contributed by atoms with van der Waals surface area (Å²) < 4.78 is 39.3. The maximum atomic E-state index is 13.1. The molecule has 6 heterocycles. The van der Waals surface area contributed by atoms with Crippen LogP contribution in [0.2, 0.25) is 0 Å². The molecule has 9 nitrogen and oxygen atoms in total. The second-order valence-corrected chi connectivity index (χ2v) is 11.9. The molecule has 1 aliphatic carbocycles. The number of aryl methyl sites for hydroxylation is 1. The van der Waals surface area contributed by atoms with Gasteiger partial charge < -0.3 is 14.5 Å². The number of thiophene rings is 1. The first-order chi connectivity index (χ1) is 16.9. The maximum Gasteiger partial charge on any atom is 0.333 e. The second-order valence-electron chi connectivity index (χ2n) is 9.21. The average Bonchev–Trinajstić information content (AvgIpc) is 3.52. The Hall–Kier alpha value is -2.89. The van der Waals surface area contributed by atoms with Crippen molar-refractivity contribution in [1.29, 1.82) is 0 Å². The number of nitrogens with one attached hydrogen (secondary N) is 2. The Bertz CT molecular complexity index is 1400. The fourth-order valence-corrected chi connectivity index (χ4v) is 7.56. The summed E-state index contributed by atoms with van der Waals surface area (Å²) in [4.78, 5) is 21.5. The lowest BCUT2D eigenvalue weighted by Gasteiger charge is -2.26. The fraction of sp³-hybridized carbons (Fsp3) is 0.417. The van der Waals surface area contributed by atoms with E-state index < -0.39 is 16.1 Å². The molecule has 1 saturated heterocycles. The van der Waals surface area contributed by atoms with Crippen molar-refractivity contribution in [2.24, 2.45) is 0 Å². The number of nitrogens with zero attached hydrogens (tertiary/aromatic N) is 2. The smallest absolute Gasteiger partial charge is 0.333 e. The molecule has 0 atom stereocenters. The third-order valence-corrected chi connectivity index (χ3v) is 9.56. The number of aromatic nitrogens is 1. The number of fused-ring (bicyclic) bond motifs is 3. The first kappa shape index (κ1) is 22.6. The molecule has 0 radical (unpaired) electrons. The van der Waals surface area contributed by atoms with Crippen LogP contribution in [0, 0.1) is 0 Å². The minimum absolute atomic E-state index is 0.207. The van der Waals surface area contributed by atoms with E-state index >= 15 is 0 Å². The minimum Gasteiger partial charge on any atom is -0.481 e. The van der Waals surface area contributed by atoms with Crippen LogP contribution in [-0.4, -0.2) is 44.5 Å². The number of piperidine rings is 1.